The lowest BCUT2D eigenvalue weighted by Crippen LogP contribution is -2.29. The van der Waals surface area contributed by atoms with Gasteiger partial charge in [0.1, 0.15) is 5.76 Å². The fourth-order valence-electron chi connectivity index (χ4n) is 3.23. The van der Waals surface area contributed by atoms with Crippen molar-refractivity contribution in [2.45, 2.75) is 45.6 Å². The molecular formula is C20H25N3O3S. The zero-order valence-electron chi connectivity index (χ0n) is 15.7. The number of nitrogens with one attached hydrogen (secondary N) is 2. The minimum atomic E-state index is -0.205. The molecule has 2 aromatic rings. The summed E-state index contributed by atoms with van der Waals surface area (Å²) in [6, 6.07) is 8.12. The number of aromatic nitrogens is 1. The maximum Gasteiger partial charge on any atom is 0.235 e. The van der Waals surface area contributed by atoms with Gasteiger partial charge in [-0.3, -0.25) is 9.59 Å². The zero-order chi connectivity index (χ0) is 19.2. The summed E-state index contributed by atoms with van der Waals surface area (Å²) in [5, 5.41) is 9.35. The van der Waals surface area contributed by atoms with Crippen LogP contribution in [0.3, 0.4) is 0 Å². The van der Waals surface area contributed by atoms with E-state index in [1.54, 1.807) is 13.0 Å². The first-order valence-electron chi connectivity index (χ1n) is 9.23. The molecule has 0 spiro atoms. The molecule has 2 N–H and O–H groups in total. The van der Waals surface area contributed by atoms with Crippen molar-refractivity contribution in [3.63, 3.8) is 0 Å². The van der Waals surface area contributed by atoms with E-state index in [2.05, 4.69) is 34.0 Å². The Balaban J connectivity index is 1.41. The molecule has 1 aromatic heterocycles. The predicted octanol–water partition coefficient (Wildman–Crippen LogP) is 3.41. The van der Waals surface area contributed by atoms with Gasteiger partial charge >= 0.3 is 0 Å². The first kappa shape index (κ1) is 19.5. The SMILES string of the molecule is Cc1cc(NC(=O)CSCC(=O)NC(C)c2ccc3c(c2)CCCC3)no1. The Labute approximate surface area is 163 Å². The van der Waals surface area contributed by atoms with E-state index in [4.69, 9.17) is 4.52 Å². The first-order chi connectivity index (χ1) is 13.0. The Morgan fingerprint density at radius 3 is 2.63 bits per heavy atom. The summed E-state index contributed by atoms with van der Waals surface area (Å²) in [4.78, 5) is 24.0. The number of nitrogens with zero attached hydrogens (tertiary/aromatic N) is 1. The number of carbonyl (C=O) groups excluding carboxylic acids is 2. The van der Waals surface area contributed by atoms with Gasteiger partial charge in [0.05, 0.1) is 17.5 Å². The van der Waals surface area contributed by atoms with Gasteiger partial charge in [0.25, 0.3) is 0 Å². The van der Waals surface area contributed by atoms with Crippen LogP contribution in [-0.4, -0.2) is 28.5 Å². The number of anilines is 1. The number of hydrogen-bond donors (Lipinski definition) is 2. The second kappa shape index (κ2) is 9.08. The van der Waals surface area contributed by atoms with Gasteiger partial charge in [-0.15, -0.1) is 11.8 Å². The van der Waals surface area contributed by atoms with Crippen LogP contribution in [0.2, 0.25) is 0 Å². The molecule has 6 nitrogen and oxygen atoms in total. The lowest BCUT2D eigenvalue weighted by molar-refractivity contribution is -0.119. The molecule has 1 aliphatic rings. The molecular weight excluding hydrogens is 362 g/mol. The maximum absolute atomic E-state index is 12.2. The molecule has 7 heteroatoms. The number of amides is 2. The molecule has 2 amide bonds. The largest absolute Gasteiger partial charge is 0.360 e. The molecule has 0 saturated heterocycles. The van der Waals surface area contributed by atoms with E-state index in [0.717, 1.165) is 18.4 Å². The van der Waals surface area contributed by atoms with Crippen LogP contribution >= 0.6 is 11.8 Å². The van der Waals surface area contributed by atoms with E-state index in [9.17, 15) is 9.59 Å². The molecule has 144 valence electrons. The second-order valence-electron chi connectivity index (χ2n) is 6.89. The standard InChI is InChI=1S/C20H25N3O3S/c1-13-9-18(23-26-13)22-20(25)12-27-11-19(24)21-14(2)16-8-7-15-5-3-4-6-17(15)10-16/h7-10,14H,3-6,11-12H2,1-2H3,(H,21,24)(H,22,23,25). The highest BCUT2D eigenvalue weighted by Crippen LogP contribution is 2.24. The molecule has 0 bridgehead atoms. The summed E-state index contributed by atoms with van der Waals surface area (Å²) >= 11 is 1.27. The second-order valence-corrected chi connectivity index (χ2v) is 7.87. The number of aryl methyl sites for hydroxylation is 3. The molecule has 1 heterocycles. The van der Waals surface area contributed by atoms with E-state index < -0.39 is 0 Å². The van der Waals surface area contributed by atoms with Crippen molar-refractivity contribution in [3.8, 4) is 0 Å². The molecule has 1 aliphatic carbocycles. The van der Waals surface area contributed by atoms with Crippen LogP contribution in [0.25, 0.3) is 0 Å². The maximum atomic E-state index is 12.2. The monoisotopic (exact) mass is 387 g/mol. The van der Waals surface area contributed by atoms with Crippen molar-refractivity contribution >= 4 is 29.4 Å². The van der Waals surface area contributed by atoms with Gasteiger partial charge in [0, 0.05) is 6.07 Å². The topological polar surface area (TPSA) is 84.2 Å². The predicted molar refractivity (Wildman–Crippen MR) is 107 cm³/mol. The average molecular weight is 388 g/mol. The highest BCUT2D eigenvalue weighted by atomic mass is 32.2. The Kier molecular flexibility index (Phi) is 6.55. The molecule has 3 rings (SSSR count). The van der Waals surface area contributed by atoms with Crippen LogP contribution in [0.5, 0.6) is 0 Å². The Hall–Kier alpha value is -2.28. The summed E-state index contributed by atoms with van der Waals surface area (Å²) in [6.07, 6.45) is 4.78. The van der Waals surface area contributed by atoms with Crippen molar-refractivity contribution in [1.29, 1.82) is 0 Å². The fraction of sp³-hybridized carbons (Fsp3) is 0.450. The highest BCUT2D eigenvalue weighted by molar-refractivity contribution is 8.00. The van der Waals surface area contributed by atoms with Crippen LogP contribution in [0.15, 0.2) is 28.8 Å². The summed E-state index contributed by atoms with van der Waals surface area (Å²) < 4.78 is 4.89. The van der Waals surface area contributed by atoms with Gasteiger partial charge in [0.2, 0.25) is 11.8 Å². The normalized spacial score (nSPS) is 14.3. The summed E-state index contributed by atoms with van der Waals surface area (Å²) in [5.41, 5.74) is 3.98. The van der Waals surface area contributed by atoms with Crippen molar-refractivity contribution in [3.05, 3.63) is 46.7 Å². The lowest BCUT2D eigenvalue weighted by Gasteiger charge is -2.20. The molecule has 0 aliphatic heterocycles. The Morgan fingerprint density at radius 1 is 1.15 bits per heavy atom. The van der Waals surface area contributed by atoms with Crippen molar-refractivity contribution in [2.75, 3.05) is 16.8 Å². The minimum absolute atomic E-state index is 0.0442. The zero-order valence-corrected chi connectivity index (χ0v) is 16.5. The summed E-state index contributed by atoms with van der Waals surface area (Å²) in [6.45, 7) is 3.75. The van der Waals surface area contributed by atoms with E-state index in [1.165, 1.54) is 35.7 Å². The van der Waals surface area contributed by atoms with Crippen LogP contribution in [0, 0.1) is 6.92 Å². The smallest absolute Gasteiger partial charge is 0.235 e. The number of fused-ring (bicyclic) bond motifs is 1. The van der Waals surface area contributed by atoms with Gasteiger partial charge in [0.15, 0.2) is 5.82 Å². The Bertz CT molecular complexity index is 819. The third-order valence-electron chi connectivity index (χ3n) is 4.61. The van der Waals surface area contributed by atoms with Crippen LogP contribution in [0.4, 0.5) is 5.82 Å². The number of benzene rings is 1. The highest BCUT2D eigenvalue weighted by Gasteiger charge is 2.14. The van der Waals surface area contributed by atoms with Gasteiger partial charge in [-0.25, -0.2) is 0 Å². The summed E-state index contributed by atoms with van der Waals surface area (Å²) in [7, 11) is 0. The van der Waals surface area contributed by atoms with E-state index in [-0.39, 0.29) is 29.4 Å². The van der Waals surface area contributed by atoms with Crippen LogP contribution in [-0.2, 0) is 22.4 Å². The fourth-order valence-corrected chi connectivity index (χ4v) is 3.86. The van der Waals surface area contributed by atoms with Gasteiger partial charge in [-0.1, -0.05) is 23.4 Å². The summed E-state index contributed by atoms with van der Waals surface area (Å²) in [5.74, 6) is 1.17. The number of rotatable bonds is 7. The van der Waals surface area contributed by atoms with E-state index in [0.29, 0.717) is 11.6 Å². The Morgan fingerprint density at radius 2 is 1.89 bits per heavy atom. The van der Waals surface area contributed by atoms with Gasteiger partial charge in [-0.05, 0) is 56.2 Å². The van der Waals surface area contributed by atoms with E-state index >= 15 is 0 Å². The van der Waals surface area contributed by atoms with Crippen molar-refractivity contribution in [1.82, 2.24) is 10.5 Å². The number of carbonyl (C=O) groups is 2. The van der Waals surface area contributed by atoms with Gasteiger partial charge < -0.3 is 15.2 Å². The van der Waals surface area contributed by atoms with Crippen LogP contribution < -0.4 is 10.6 Å². The third kappa shape index (κ3) is 5.60. The van der Waals surface area contributed by atoms with Gasteiger partial charge in [-0.2, -0.15) is 0 Å². The number of hydrogen-bond acceptors (Lipinski definition) is 5. The average Bonchev–Trinajstić information content (AvgIpc) is 3.05. The van der Waals surface area contributed by atoms with E-state index in [1.807, 2.05) is 6.92 Å². The molecule has 1 aromatic carbocycles. The third-order valence-corrected chi connectivity index (χ3v) is 5.54. The number of thioether (sulfide) groups is 1. The molecule has 1 atom stereocenters. The molecule has 27 heavy (non-hydrogen) atoms. The van der Waals surface area contributed by atoms with Crippen molar-refractivity contribution in [2.24, 2.45) is 0 Å². The molecule has 0 saturated carbocycles. The van der Waals surface area contributed by atoms with Crippen molar-refractivity contribution < 1.29 is 14.1 Å². The molecule has 0 fully saturated rings. The quantitative estimate of drug-likeness (QED) is 0.761. The van der Waals surface area contributed by atoms with Crippen LogP contribution in [0.1, 0.15) is 48.3 Å². The molecule has 0 radical (unpaired) electrons. The molecule has 1 unspecified atom stereocenters. The first-order valence-corrected chi connectivity index (χ1v) is 10.4. The lowest BCUT2D eigenvalue weighted by atomic mass is 9.89. The minimum Gasteiger partial charge on any atom is -0.360 e.